The normalized spacial score (nSPS) is 26.1. The number of nitrogens with one attached hydrogen (secondary N) is 1. The van der Waals surface area contributed by atoms with Gasteiger partial charge in [0.05, 0.1) is 12.6 Å². The molecule has 23 heavy (non-hydrogen) atoms. The van der Waals surface area contributed by atoms with Gasteiger partial charge in [-0.25, -0.2) is 0 Å². The zero-order valence-corrected chi connectivity index (χ0v) is 14.6. The molecule has 1 N–H and O–H groups in total. The van der Waals surface area contributed by atoms with Crippen molar-refractivity contribution in [3.63, 3.8) is 0 Å². The van der Waals surface area contributed by atoms with Gasteiger partial charge in [0.15, 0.2) is 0 Å². The van der Waals surface area contributed by atoms with Crippen LogP contribution in [0.1, 0.15) is 39.5 Å². The second-order valence-corrected chi connectivity index (χ2v) is 6.72. The lowest BCUT2D eigenvalue weighted by atomic mass is 9.88. The third-order valence-electron chi connectivity index (χ3n) is 4.92. The van der Waals surface area contributed by atoms with E-state index in [2.05, 4.69) is 17.1 Å². The molecule has 1 saturated carbocycles. The summed E-state index contributed by atoms with van der Waals surface area (Å²) in [5.41, 5.74) is 0. The lowest BCUT2D eigenvalue weighted by Gasteiger charge is -2.35. The fraction of sp³-hybridized carbons (Fsp3) is 0.882. The van der Waals surface area contributed by atoms with Gasteiger partial charge < -0.3 is 15.0 Å². The van der Waals surface area contributed by atoms with Crippen molar-refractivity contribution >= 4 is 11.8 Å². The van der Waals surface area contributed by atoms with Crippen LogP contribution in [-0.2, 0) is 14.3 Å². The summed E-state index contributed by atoms with van der Waals surface area (Å²) in [5, 5.41) is 2.81. The number of hydrogen-bond donors (Lipinski definition) is 1. The molecule has 2 unspecified atom stereocenters. The van der Waals surface area contributed by atoms with Crippen molar-refractivity contribution < 1.29 is 14.3 Å². The maximum atomic E-state index is 12.3. The van der Waals surface area contributed by atoms with Gasteiger partial charge in [-0.3, -0.25) is 14.5 Å². The van der Waals surface area contributed by atoms with Crippen LogP contribution >= 0.6 is 0 Å². The first-order valence-corrected chi connectivity index (χ1v) is 8.98. The lowest BCUT2D eigenvalue weighted by molar-refractivity contribution is -0.142. The maximum Gasteiger partial charge on any atom is 0.248 e. The molecule has 1 aliphatic carbocycles. The van der Waals surface area contributed by atoms with E-state index in [1.165, 1.54) is 19.3 Å². The number of hydrogen-bond acceptors (Lipinski definition) is 4. The van der Waals surface area contributed by atoms with Gasteiger partial charge in [0.25, 0.3) is 0 Å². The van der Waals surface area contributed by atoms with Gasteiger partial charge in [-0.05, 0) is 25.7 Å². The molecule has 6 nitrogen and oxygen atoms in total. The minimum atomic E-state index is 0.0573. The molecule has 0 aromatic rings. The van der Waals surface area contributed by atoms with Gasteiger partial charge in [-0.1, -0.05) is 19.8 Å². The smallest absolute Gasteiger partial charge is 0.248 e. The molecule has 132 valence electrons. The van der Waals surface area contributed by atoms with Crippen molar-refractivity contribution in [2.75, 3.05) is 45.9 Å². The molecule has 0 bridgehead atoms. The average Bonchev–Trinajstić information content (AvgIpc) is 2.55. The van der Waals surface area contributed by atoms with Gasteiger partial charge >= 0.3 is 0 Å². The van der Waals surface area contributed by atoms with E-state index in [1.807, 2.05) is 11.8 Å². The Morgan fingerprint density at radius 3 is 2.48 bits per heavy atom. The summed E-state index contributed by atoms with van der Waals surface area (Å²) >= 11 is 0. The minimum Gasteiger partial charge on any atom is -0.368 e. The molecule has 0 aromatic heterocycles. The zero-order valence-electron chi connectivity index (χ0n) is 14.6. The second-order valence-electron chi connectivity index (χ2n) is 6.72. The number of ether oxygens (including phenoxy) is 1. The number of piperazine rings is 1. The highest BCUT2D eigenvalue weighted by Crippen LogP contribution is 2.26. The fourth-order valence-corrected chi connectivity index (χ4v) is 3.41. The standard InChI is InChI=1S/C17H31N3O3/c1-3-18-16(21)12-19-8-10-20(11-9-19)17(22)13-23-15-7-5-4-6-14(15)2/h14-15H,3-13H2,1-2H3,(H,18,21). The van der Waals surface area contributed by atoms with E-state index in [9.17, 15) is 9.59 Å². The first-order chi connectivity index (χ1) is 11.1. The Balaban J connectivity index is 1.66. The van der Waals surface area contributed by atoms with E-state index in [-0.39, 0.29) is 24.5 Å². The van der Waals surface area contributed by atoms with Crippen LogP contribution in [-0.4, -0.2) is 73.6 Å². The molecule has 1 saturated heterocycles. The van der Waals surface area contributed by atoms with Crippen molar-refractivity contribution in [2.24, 2.45) is 5.92 Å². The van der Waals surface area contributed by atoms with Crippen LogP contribution in [0.15, 0.2) is 0 Å². The van der Waals surface area contributed by atoms with Crippen LogP contribution in [0.2, 0.25) is 0 Å². The molecule has 2 amide bonds. The topological polar surface area (TPSA) is 61.9 Å². The highest BCUT2D eigenvalue weighted by atomic mass is 16.5. The molecule has 0 aromatic carbocycles. The van der Waals surface area contributed by atoms with Gasteiger partial charge in [-0.15, -0.1) is 0 Å². The predicted molar refractivity (Wildman–Crippen MR) is 89.1 cm³/mol. The Morgan fingerprint density at radius 2 is 1.83 bits per heavy atom. The maximum absolute atomic E-state index is 12.3. The fourth-order valence-electron chi connectivity index (χ4n) is 3.41. The molecule has 2 aliphatic rings. The Hall–Kier alpha value is -1.14. The van der Waals surface area contributed by atoms with Crippen molar-refractivity contribution in [3.05, 3.63) is 0 Å². The quantitative estimate of drug-likeness (QED) is 0.787. The first kappa shape index (κ1) is 18.2. The summed E-state index contributed by atoms with van der Waals surface area (Å²) in [6.45, 7) is 8.29. The lowest BCUT2D eigenvalue weighted by Crippen LogP contribution is -2.52. The van der Waals surface area contributed by atoms with Crippen molar-refractivity contribution in [3.8, 4) is 0 Å². The van der Waals surface area contributed by atoms with Crippen LogP contribution in [0, 0.1) is 5.92 Å². The number of rotatable bonds is 6. The summed E-state index contributed by atoms with van der Waals surface area (Å²) in [5.74, 6) is 0.702. The van der Waals surface area contributed by atoms with Crippen LogP contribution < -0.4 is 5.32 Å². The SMILES string of the molecule is CCNC(=O)CN1CCN(C(=O)COC2CCCCC2C)CC1. The molecule has 2 rings (SSSR count). The van der Waals surface area contributed by atoms with Crippen molar-refractivity contribution in [1.29, 1.82) is 0 Å². The largest absolute Gasteiger partial charge is 0.368 e. The second kappa shape index (κ2) is 9.23. The van der Waals surface area contributed by atoms with Crippen LogP contribution in [0.25, 0.3) is 0 Å². The Morgan fingerprint density at radius 1 is 1.13 bits per heavy atom. The Labute approximate surface area is 139 Å². The van der Waals surface area contributed by atoms with Crippen LogP contribution in [0.3, 0.4) is 0 Å². The molecule has 6 heteroatoms. The third kappa shape index (κ3) is 5.77. The van der Waals surface area contributed by atoms with Crippen LogP contribution in [0.5, 0.6) is 0 Å². The van der Waals surface area contributed by atoms with Crippen LogP contribution in [0.4, 0.5) is 0 Å². The van der Waals surface area contributed by atoms with Gasteiger partial charge in [0.1, 0.15) is 6.61 Å². The Bertz CT molecular complexity index is 395. The monoisotopic (exact) mass is 325 g/mol. The number of carbonyl (C=O) groups is 2. The molecular formula is C17H31N3O3. The van der Waals surface area contributed by atoms with E-state index in [0.717, 1.165) is 19.5 Å². The first-order valence-electron chi connectivity index (χ1n) is 8.98. The van der Waals surface area contributed by atoms with Crippen molar-refractivity contribution in [1.82, 2.24) is 15.1 Å². The van der Waals surface area contributed by atoms with E-state index < -0.39 is 0 Å². The highest BCUT2D eigenvalue weighted by Gasteiger charge is 2.26. The molecule has 0 spiro atoms. The van der Waals surface area contributed by atoms with E-state index in [1.54, 1.807) is 0 Å². The summed E-state index contributed by atoms with van der Waals surface area (Å²) in [6.07, 6.45) is 5.02. The Kier molecular flexibility index (Phi) is 7.30. The molecule has 0 radical (unpaired) electrons. The van der Waals surface area contributed by atoms with Gasteiger partial charge in [0, 0.05) is 32.7 Å². The third-order valence-corrected chi connectivity index (χ3v) is 4.92. The molecule has 1 heterocycles. The van der Waals surface area contributed by atoms with E-state index >= 15 is 0 Å². The summed E-state index contributed by atoms with van der Waals surface area (Å²) < 4.78 is 5.86. The van der Waals surface area contributed by atoms with E-state index in [4.69, 9.17) is 4.74 Å². The minimum absolute atomic E-state index is 0.0573. The number of nitrogens with zero attached hydrogens (tertiary/aromatic N) is 2. The number of amides is 2. The zero-order chi connectivity index (χ0) is 16.7. The molecule has 2 fully saturated rings. The van der Waals surface area contributed by atoms with Gasteiger partial charge in [-0.2, -0.15) is 0 Å². The summed E-state index contributed by atoms with van der Waals surface area (Å²) in [7, 11) is 0. The predicted octanol–water partition coefficient (Wildman–Crippen LogP) is 0.862. The molecule has 1 aliphatic heterocycles. The summed E-state index contributed by atoms with van der Waals surface area (Å²) in [6, 6.07) is 0. The highest BCUT2D eigenvalue weighted by molar-refractivity contribution is 5.78. The van der Waals surface area contributed by atoms with Crippen molar-refractivity contribution in [2.45, 2.75) is 45.6 Å². The number of carbonyl (C=O) groups excluding carboxylic acids is 2. The number of likely N-dealkylation sites (N-methyl/N-ethyl adjacent to an activating group) is 1. The summed E-state index contributed by atoms with van der Waals surface area (Å²) in [4.78, 5) is 27.8. The average molecular weight is 325 g/mol. The molecular weight excluding hydrogens is 294 g/mol. The van der Waals surface area contributed by atoms with Gasteiger partial charge in [0.2, 0.25) is 11.8 Å². The molecule has 2 atom stereocenters. The van der Waals surface area contributed by atoms with E-state index in [0.29, 0.717) is 32.1 Å².